The Kier molecular flexibility index (Phi) is 4.72. The first-order chi connectivity index (χ1) is 9.93. The van der Waals surface area contributed by atoms with Crippen molar-refractivity contribution >= 4 is 5.78 Å². The molecule has 2 rings (SSSR count). The summed E-state index contributed by atoms with van der Waals surface area (Å²) in [5.74, 6) is 1.48. The van der Waals surface area contributed by atoms with Gasteiger partial charge in [-0.05, 0) is 62.3 Å². The maximum Gasteiger partial charge on any atom is 0.194 e. The molecule has 21 heavy (non-hydrogen) atoms. The highest BCUT2D eigenvalue weighted by atomic mass is 16.5. The molecule has 1 saturated carbocycles. The summed E-state index contributed by atoms with van der Waals surface area (Å²) in [7, 11) is 3.32. The monoisotopic (exact) mass is 290 g/mol. The summed E-state index contributed by atoms with van der Waals surface area (Å²) < 4.78 is 11.1. The van der Waals surface area contributed by atoms with Crippen molar-refractivity contribution in [3.05, 3.63) is 28.8 Å². The van der Waals surface area contributed by atoms with E-state index in [4.69, 9.17) is 9.47 Å². The molecule has 2 unspecified atom stereocenters. The summed E-state index contributed by atoms with van der Waals surface area (Å²) in [6.45, 7) is 6.13. The largest absolute Gasteiger partial charge is 0.496 e. The Hall–Kier alpha value is -1.35. The Balaban J connectivity index is 2.40. The fourth-order valence-electron chi connectivity index (χ4n) is 3.49. The summed E-state index contributed by atoms with van der Waals surface area (Å²) in [6, 6.07) is 3.88. The van der Waals surface area contributed by atoms with Gasteiger partial charge in [0.1, 0.15) is 11.4 Å². The van der Waals surface area contributed by atoms with Crippen LogP contribution in [-0.2, 0) is 4.74 Å². The molecule has 3 heteroatoms. The summed E-state index contributed by atoms with van der Waals surface area (Å²) in [5, 5.41) is 0. The van der Waals surface area contributed by atoms with E-state index >= 15 is 0 Å². The lowest BCUT2D eigenvalue weighted by atomic mass is 9.74. The number of hydrogen-bond acceptors (Lipinski definition) is 3. The van der Waals surface area contributed by atoms with E-state index in [1.54, 1.807) is 14.2 Å². The Labute approximate surface area is 127 Å². The van der Waals surface area contributed by atoms with E-state index < -0.39 is 5.60 Å². The molecular weight excluding hydrogens is 264 g/mol. The van der Waals surface area contributed by atoms with E-state index in [1.807, 2.05) is 26.0 Å². The third kappa shape index (κ3) is 2.98. The fourth-order valence-corrected chi connectivity index (χ4v) is 3.49. The Morgan fingerprint density at radius 2 is 1.95 bits per heavy atom. The Morgan fingerprint density at radius 3 is 2.52 bits per heavy atom. The van der Waals surface area contributed by atoms with Crippen LogP contribution in [0.2, 0.25) is 0 Å². The van der Waals surface area contributed by atoms with Gasteiger partial charge in [0.05, 0.1) is 7.11 Å². The zero-order valence-corrected chi connectivity index (χ0v) is 13.8. The normalized spacial score (nSPS) is 25.7. The topological polar surface area (TPSA) is 35.5 Å². The first-order valence-corrected chi connectivity index (χ1v) is 7.68. The van der Waals surface area contributed by atoms with Crippen molar-refractivity contribution in [2.45, 2.75) is 52.1 Å². The predicted octanol–water partition coefficient (Wildman–Crippen LogP) is 4.09. The second-order valence-electron chi connectivity index (χ2n) is 6.37. The first kappa shape index (κ1) is 16.0. The van der Waals surface area contributed by atoms with Gasteiger partial charge in [0.2, 0.25) is 0 Å². The average Bonchev–Trinajstić information content (AvgIpc) is 2.48. The number of aryl methyl sites for hydroxylation is 2. The van der Waals surface area contributed by atoms with Crippen LogP contribution in [0.1, 0.15) is 54.1 Å². The second kappa shape index (κ2) is 6.18. The number of ketones is 1. The van der Waals surface area contributed by atoms with Crippen LogP contribution >= 0.6 is 0 Å². The van der Waals surface area contributed by atoms with Gasteiger partial charge in [0, 0.05) is 12.7 Å². The quantitative estimate of drug-likeness (QED) is 0.783. The van der Waals surface area contributed by atoms with Crippen LogP contribution in [-0.4, -0.2) is 25.6 Å². The summed E-state index contributed by atoms with van der Waals surface area (Å²) in [4.78, 5) is 13.1. The highest BCUT2D eigenvalue weighted by Crippen LogP contribution is 2.38. The van der Waals surface area contributed by atoms with Crippen LogP contribution in [0.3, 0.4) is 0 Å². The van der Waals surface area contributed by atoms with Gasteiger partial charge in [-0.15, -0.1) is 0 Å². The molecule has 0 amide bonds. The Bertz CT molecular complexity index is 536. The smallest absolute Gasteiger partial charge is 0.194 e. The van der Waals surface area contributed by atoms with E-state index in [0.717, 1.165) is 41.7 Å². The minimum absolute atomic E-state index is 0.125. The number of ether oxygens (including phenoxy) is 2. The molecule has 1 aromatic carbocycles. The van der Waals surface area contributed by atoms with Crippen molar-refractivity contribution in [1.29, 1.82) is 0 Å². The highest BCUT2D eigenvalue weighted by molar-refractivity contribution is 6.04. The third-order valence-electron chi connectivity index (χ3n) is 4.75. The van der Waals surface area contributed by atoms with Crippen molar-refractivity contribution in [3.8, 4) is 5.75 Å². The average molecular weight is 290 g/mol. The number of Topliss-reactive ketones (excluding diaryl/α,β-unsaturated/α-hetero) is 1. The highest BCUT2D eigenvalue weighted by Gasteiger charge is 2.42. The molecule has 1 aliphatic rings. The fraction of sp³-hybridized carbons (Fsp3) is 0.611. The van der Waals surface area contributed by atoms with Gasteiger partial charge >= 0.3 is 0 Å². The number of methoxy groups -OCH3 is 2. The predicted molar refractivity (Wildman–Crippen MR) is 84.2 cm³/mol. The summed E-state index contributed by atoms with van der Waals surface area (Å²) in [5.41, 5.74) is 2.06. The molecule has 1 aliphatic carbocycles. The van der Waals surface area contributed by atoms with Gasteiger partial charge in [0.25, 0.3) is 0 Å². The van der Waals surface area contributed by atoms with Gasteiger partial charge in [-0.25, -0.2) is 0 Å². The van der Waals surface area contributed by atoms with Crippen LogP contribution in [0.4, 0.5) is 0 Å². The molecular formula is C18H26O3. The molecule has 116 valence electrons. The van der Waals surface area contributed by atoms with Gasteiger partial charge in [-0.2, -0.15) is 0 Å². The Morgan fingerprint density at radius 1 is 1.24 bits per heavy atom. The van der Waals surface area contributed by atoms with Gasteiger partial charge in [0.15, 0.2) is 5.78 Å². The van der Waals surface area contributed by atoms with Crippen LogP contribution in [0, 0.1) is 19.8 Å². The molecule has 3 nitrogen and oxygen atoms in total. The summed E-state index contributed by atoms with van der Waals surface area (Å²) in [6.07, 6.45) is 3.86. The van der Waals surface area contributed by atoms with Crippen molar-refractivity contribution in [2.24, 2.45) is 5.92 Å². The molecule has 0 heterocycles. The van der Waals surface area contributed by atoms with Crippen molar-refractivity contribution in [2.75, 3.05) is 14.2 Å². The van der Waals surface area contributed by atoms with E-state index in [2.05, 4.69) is 6.92 Å². The third-order valence-corrected chi connectivity index (χ3v) is 4.75. The lowest BCUT2D eigenvalue weighted by molar-refractivity contribution is -0.0303. The molecule has 0 bridgehead atoms. The number of hydrogen-bond donors (Lipinski definition) is 0. The number of rotatable bonds is 4. The van der Waals surface area contributed by atoms with Crippen molar-refractivity contribution in [3.63, 3.8) is 0 Å². The lowest BCUT2D eigenvalue weighted by Crippen LogP contribution is -2.45. The first-order valence-electron chi connectivity index (χ1n) is 7.68. The van der Waals surface area contributed by atoms with E-state index in [0.29, 0.717) is 5.92 Å². The van der Waals surface area contributed by atoms with Gasteiger partial charge in [-0.1, -0.05) is 13.3 Å². The zero-order valence-electron chi connectivity index (χ0n) is 13.8. The van der Waals surface area contributed by atoms with Gasteiger partial charge in [-0.3, -0.25) is 4.79 Å². The molecule has 0 aliphatic heterocycles. The van der Waals surface area contributed by atoms with E-state index in [1.165, 1.54) is 6.42 Å². The molecule has 0 radical (unpaired) electrons. The standard InChI is InChI=1S/C18H26O3/c1-12-7-6-8-18(11-12,21-5)17(19)15-9-14(3)16(20-4)10-13(15)2/h9-10,12H,6-8,11H2,1-5H3. The number of carbonyl (C=O) groups excluding carboxylic acids is 1. The van der Waals surface area contributed by atoms with E-state index in [9.17, 15) is 4.79 Å². The number of benzene rings is 1. The maximum absolute atomic E-state index is 13.1. The SMILES string of the molecule is COc1cc(C)c(C(=O)C2(OC)CCCC(C)C2)cc1C. The molecule has 0 N–H and O–H groups in total. The zero-order chi connectivity index (χ0) is 15.6. The summed E-state index contributed by atoms with van der Waals surface area (Å²) >= 11 is 0. The van der Waals surface area contributed by atoms with Crippen LogP contribution in [0.15, 0.2) is 12.1 Å². The van der Waals surface area contributed by atoms with Crippen LogP contribution in [0.5, 0.6) is 5.75 Å². The molecule has 0 saturated heterocycles. The number of carbonyl (C=O) groups is 1. The molecule has 1 fully saturated rings. The van der Waals surface area contributed by atoms with E-state index in [-0.39, 0.29) is 5.78 Å². The minimum atomic E-state index is -0.649. The maximum atomic E-state index is 13.1. The molecule has 2 atom stereocenters. The van der Waals surface area contributed by atoms with Crippen LogP contribution < -0.4 is 4.74 Å². The molecule has 0 spiro atoms. The van der Waals surface area contributed by atoms with Gasteiger partial charge < -0.3 is 9.47 Å². The van der Waals surface area contributed by atoms with Crippen LogP contribution in [0.25, 0.3) is 0 Å². The molecule has 1 aromatic rings. The second-order valence-corrected chi connectivity index (χ2v) is 6.37. The van der Waals surface area contributed by atoms with Crippen molar-refractivity contribution in [1.82, 2.24) is 0 Å². The molecule has 0 aromatic heterocycles. The van der Waals surface area contributed by atoms with Crippen molar-refractivity contribution < 1.29 is 14.3 Å². The minimum Gasteiger partial charge on any atom is -0.496 e. The lowest BCUT2D eigenvalue weighted by Gasteiger charge is -2.38.